The summed E-state index contributed by atoms with van der Waals surface area (Å²) in [5.41, 5.74) is 9.51. The van der Waals surface area contributed by atoms with Crippen molar-refractivity contribution in [3.63, 3.8) is 0 Å². The third-order valence-corrected chi connectivity index (χ3v) is 5.40. The second kappa shape index (κ2) is 8.09. The van der Waals surface area contributed by atoms with Gasteiger partial charge >= 0.3 is 0 Å². The summed E-state index contributed by atoms with van der Waals surface area (Å²) in [6, 6.07) is 0. The van der Waals surface area contributed by atoms with E-state index in [2.05, 4.69) is 81.4 Å². The summed E-state index contributed by atoms with van der Waals surface area (Å²) in [4.78, 5) is 0. The Bertz CT molecular complexity index is 484. The van der Waals surface area contributed by atoms with Crippen molar-refractivity contribution in [2.24, 2.45) is 10.8 Å². The van der Waals surface area contributed by atoms with Gasteiger partial charge in [-0.25, -0.2) is 0 Å². The molecule has 0 spiro atoms. The van der Waals surface area contributed by atoms with E-state index in [1.807, 2.05) is 0 Å². The zero-order valence-electron chi connectivity index (χ0n) is 16.7. The van der Waals surface area contributed by atoms with Crippen LogP contribution in [-0.4, -0.2) is 0 Å². The van der Waals surface area contributed by atoms with Gasteiger partial charge in [0.15, 0.2) is 0 Å². The van der Waals surface area contributed by atoms with Gasteiger partial charge in [0.2, 0.25) is 0 Å². The fraction of sp³-hybridized carbons (Fsp3) is 0.571. The summed E-state index contributed by atoms with van der Waals surface area (Å²) in [5, 5.41) is 0. The van der Waals surface area contributed by atoms with Crippen molar-refractivity contribution in [3.05, 3.63) is 53.0 Å². The number of allylic oxidation sites excluding steroid dienone is 8. The quantitative estimate of drug-likeness (QED) is 0.395. The maximum atomic E-state index is 2.34. The minimum atomic E-state index is 0. The zero-order valence-corrected chi connectivity index (χ0v) is 19.1. The van der Waals surface area contributed by atoms with Crippen LogP contribution in [0.15, 0.2) is 45.6 Å². The van der Waals surface area contributed by atoms with Crippen molar-refractivity contribution in [1.29, 1.82) is 0 Å². The fourth-order valence-corrected chi connectivity index (χ4v) is 3.07. The van der Waals surface area contributed by atoms with Gasteiger partial charge < -0.3 is 7.43 Å². The molecule has 0 unspecified atom stereocenters. The largest absolute Gasteiger partial charge is 0.358 e. The number of hydrogen-bond acceptors (Lipinski definition) is 0. The first kappa shape index (κ1) is 24.1. The van der Waals surface area contributed by atoms with Gasteiger partial charge in [-0.2, -0.15) is 0 Å². The number of rotatable bonds is 0. The maximum Gasteiger partial charge on any atom is 0.00430 e. The SMILES string of the molecule is CC1=CC(C)(C)C(C)=C1C.CC1=CC(C)(C)C(C)=C1C.[CH3-].[Zr]. The van der Waals surface area contributed by atoms with Crippen LogP contribution >= 0.6 is 0 Å². The first-order chi connectivity index (χ1) is 8.90. The molecule has 0 amide bonds. The van der Waals surface area contributed by atoms with Crippen LogP contribution in [0.1, 0.15) is 69.2 Å². The van der Waals surface area contributed by atoms with Crippen LogP contribution in [0.4, 0.5) is 0 Å². The van der Waals surface area contributed by atoms with Crippen LogP contribution in [0.5, 0.6) is 0 Å². The maximum absolute atomic E-state index is 2.34. The van der Waals surface area contributed by atoms with E-state index in [-0.39, 0.29) is 33.6 Å². The predicted molar refractivity (Wildman–Crippen MR) is 98.2 cm³/mol. The Labute approximate surface area is 159 Å². The molecule has 0 N–H and O–H groups in total. The Morgan fingerprint density at radius 3 is 0.864 bits per heavy atom. The molecule has 0 saturated heterocycles. The van der Waals surface area contributed by atoms with E-state index in [1.165, 1.54) is 33.4 Å². The predicted octanol–water partition coefficient (Wildman–Crippen LogP) is 7.07. The Balaban J connectivity index is 0. The molecular formula is C21H35Zr-. The molecule has 22 heavy (non-hydrogen) atoms. The summed E-state index contributed by atoms with van der Waals surface area (Å²) in [6.07, 6.45) is 4.69. The van der Waals surface area contributed by atoms with Gasteiger partial charge in [-0.05, 0) is 52.7 Å². The standard InChI is InChI=1S/2C10H16.CH3.Zr/c2*1-7-6-10(4,5)9(3)8(7)2;;/h2*6H,1-5H3;1H3;/q;;-1;. The molecule has 0 aliphatic heterocycles. The molecule has 2 rings (SSSR count). The zero-order chi connectivity index (χ0) is 15.9. The van der Waals surface area contributed by atoms with Crippen molar-refractivity contribution in [2.45, 2.75) is 69.2 Å². The summed E-state index contributed by atoms with van der Waals surface area (Å²) >= 11 is 0. The Kier molecular flexibility index (Phi) is 8.87. The molecule has 0 heterocycles. The Hall–Kier alpha value is -0.157. The fourth-order valence-electron chi connectivity index (χ4n) is 3.07. The third kappa shape index (κ3) is 4.92. The molecule has 1 heteroatoms. The normalized spacial score (nSPS) is 21.4. The van der Waals surface area contributed by atoms with Gasteiger partial charge in [0, 0.05) is 37.0 Å². The van der Waals surface area contributed by atoms with Crippen LogP contribution < -0.4 is 0 Å². The average molecular weight is 379 g/mol. The molecular weight excluding hydrogens is 343 g/mol. The average Bonchev–Trinajstić information content (AvgIpc) is 2.60. The molecule has 2 aliphatic carbocycles. The van der Waals surface area contributed by atoms with E-state index < -0.39 is 0 Å². The topological polar surface area (TPSA) is 0 Å². The van der Waals surface area contributed by atoms with Gasteiger partial charge in [0.1, 0.15) is 0 Å². The van der Waals surface area contributed by atoms with Gasteiger partial charge in [0.05, 0.1) is 0 Å². The second-order valence-electron chi connectivity index (χ2n) is 7.60. The van der Waals surface area contributed by atoms with Crippen LogP contribution in [0.3, 0.4) is 0 Å². The summed E-state index contributed by atoms with van der Waals surface area (Å²) < 4.78 is 0. The molecule has 0 bridgehead atoms. The van der Waals surface area contributed by atoms with E-state index in [1.54, 1.807) is 0 Å². The van der Waals surface area contributed by atoms with Crippen molar-refractivity contribution < 1.29 is 26.2 Å². The molecule has 0 aromatic carbocycles. The van der Waals surface area contributed by atoms with E-state index in [4.69, 9.17) is 0 Å². The van der Waals surface area contributed by atoms with E-state index >= 15 is 0 Å². The molecule has 0 fully saturated rings. The molecule has 0 aromatic rings. The van der Waals surface area contributed by atoms with Crippen LogP contribution in [0, 0.1) is 18.3 Å². The van der Waals surface area contributed by atoms with Gasteiger partial charge in [-0.1, -0.05) is 62.1 Å². The molecule has 0 radical (unpaired) electrons. The Morgan fingerprint density at radius 2 is 0.818 bits per heavy atom. The van der Waals surface area contributed by atoms with Gasteiger partial charge in [-0.3, -0.25) is 0 Å². The molecule has 0 saturated carbocycles. The van der Waals surface area contributed by atoms with Crippen LogP contribution in [0.25, 0.3) is 0 Å². The summed E-state index contributed by atoms with van der Waals surface area (Å²) in [5.74, 6) is 0. The molecule has 0 aromatic heterocycles. The minimum absolute atomic E-state index is 0. The van der Waals surface area contributed by atoms with E-state index in [0.29, 0.717) is 10.8 Å². The molecule has 0 nitrogen and oxygen atoms in total. The Morgan fingerprint density at radius 1 is 0.591 bits per heavy atom. The third-order valence-electron chi connectivity index (χ3n) is 5.40. The van der Waals surface area contributed by atoms with E-state index in [9.17, 15) is 0 Å². The smallest absolute Gasteiger partial charge is 0.00430 e. The van der Waals surface area contributed by atoms with Crippen molar-refractivity contribution in [2.75, 3.05) is 0 Å². The minimum Gasteiger partial charge on any atom is -0.358 e. The van der Waals surface area contributed by atoms with Crippen molar-refractivity contribution in [1.82, 2.24) is 0 Å². The first-order valence-corrected chi connectivity index (χ1v) is 7.65. The van der Waals surface area contributed by atoms with Crippen molar-refractivity contribution >= 4 is 0 Å². The first-order valence-electron chi connectivity index (χ1n) is 7.65. The number of hydrogen-bond donors (Lipinski definition) is 0. The van der Waals surface area contributed by atoms with Crippen LogP contribution in [0.2, 0.25) is 0 Å². The second-order valence-corrected chi connectivity index (χ2v) is 7.60. The van der Waals surface area contributed by atoms with Crippen molar-refractivity contribution in [3.8, 4) is 0 Å². The summed E-state index contributed by atoms with van der Waals surface area (Å²) in [6.45, 7) is 22.3. The van der Waals surface area contributed by atoms with Gasteiger partial charge in [-0.15, -0.1) is 0 Å². The molecule has 0 atom stereocenters. The molecule has 124 valence electrons. The van der Waals surface area contributed by atoms with E-state index in [0.717, 1.165) is 0 Å². The molecule has 2 aliphatic rings. The monoisotopic (exact) mass is 377 g/mol. The van der Waals surface area contributed by atoms with Gasteiger partial charge in [0.25, 0.3) is 0 Å². The summed E-state index contributed by atoms with van der Waals surface area (Å²) in [7, 11) is 0. The van der Waals surface area contributed by atoms with Crippen LogP contribution in [-0.2, 0) is 26.2 Å².